The van der Waals surface area contributed by atoms with Gasteiger partial charge in [-0.2, -0.15) is 0 Å². The van der Waals surface area contributed by atoms with Crippen LogP contribution in [0.25, 0.3) is 0 Å². The molecular weight excluding hydrogens is 212 g/mol. The van der Waals surface area contributed by atoms with Gasteiger partial charge in [0, 0.05) is 13.0 Å². The van der Waals surface area contributed by atoms with Crippen molar-refractivity contribution in [2.24, 2.45) is 17.3 Å². The quantitative estimate of drug-likeness (QED) is 0.742. The maximum Gasteiger partial charge on any atom is 0.220 e. The predicted molar refractivity (Wildman–Crippen MR) is 69.7 cm³/mol. The third-order valence-corrected chi connectivity index (χ3v) is 4.70. The third-order valence-electron chi connectivity index (χ3n) is 4.70. The summed E-state index contributed by atoms with van der Waals surface area (Å²) in [5.41, 5.74) is 0.435. The van der Waals surface area contributed by atoms with Crippen LogP contribution in [0.15, 0.2) is 0 Å². The summed E-state index contributed by atoms with van der Waals surface area (Å²) in [4.78, 5) is 11.8. The molecule has 1 saturated carbocycles. The van der Waals surface area contributed by atoms with Gasteiger partial charge in [-0.05, 0) is 56.0 Å². The molecule has 2 fully saturated rings. The van der Waals surface area contributed by atoms with Crippen LogP contribution in [0.4, 0.5) is 0 Å². The Morgan fingerprint density at radius 2 is 2.24 bits per heavy atom. The van der Waals surface area contributed by atoms with E-state index < -0.39 is 0 Å². The Morgan fingerprint density at radius 3 is 2.76 bits per heavy atom. The zero-order valence-corrected chi connectivity index (χ0v) is 11.2. The monoisotopic (exact) mass is 238 g/mol. The van der Waals surface area contributed by atoms with Crippen LogP contribution in [0.2, 0.25) is 0 Å². The molecule has 3 nitrogen and oxygen atoms in total. The first-order valence-corrected chi connectivity index (χ1v) is 7.10. The van der Waals surface area contributed by atoms with Crippen molar-refractivity contribution in [2.75, 3.05) is 19.6 Å². The third kappa shape index (κ3) is 3.44. The van der Waals surface area contributed by atoms with E-state index in [1.807, 2.05) is 0 Å². The van der Waals surface area contributed by atoms with E-state index in [-0.39, 0.29) is 5.91 Å². The highest BCUT2D eigenvalue weighted by Crippen LogP contribution is 2.51. The summed E-state index contributed by atoms with van der Waals surface area (Å²) in [7, 11) is 0. The van der Waals surface area contributed by atoms with Gasteiger partial charge in [-0.15, -0.1) is 0 Å². The predicted octanol–water partition coefficient (Wildman–Crippen LogP) is 1.93. The van der Waals surface area contributed by atoms with Gasteiger partial charge in [0.1, 0.15) is 0 Å². The van der Waals surface area contributed by atoms with Crippen molar-refractivity contribution in [2.45, 2.75) is 46.0 Å². The first-order chi connectivity index (χ1) is 8.12. The van der Waals surface area contributed by atoms with Gasteiger partial charge in [0.05, 0.1) is 0 Å². The van der Waals surface area contributed by atoms with E-state index in [0.717, 1.165) is 32.0 Å². The van der Waals surface area contributed by atoms with Crippen molar-refractivity contribution in [3.05, 3.63) is 0 Å². The average Bonchev–Trinajstić information content (AvgIpc) is 2.93. The first kappa shape index (κ1) is 12.9. The van der Waals surface area contributed by atoms with E-state index in [2.05, 4.69) is 24.5 Å². The molecule has 0 aromatic carbocycles. The van der Waals surface area contributed by atoms with Crippen molar-refractivity contribution >= 4 is 5.91 Å². The molecule has 2 aliphatic rings. The Kier molecular flexibility index (Phi) is 4.08. The molecule has 2 rings (SSSR count). The second kappa shape index (κ2) is 5.38. The van der Waals surface area contributed by atoms with E-state index in [4.69, 9.17) is 0 Å². The normalized spacial score (nSPS) is 26.2. The fourth-order valence-corrected chi connectivity index (χ4v) is 2.78. The molecule has 1 amide bonds. The maximum atomic E-state index is 11.8. The number of carbonyl (C=O) groups is 1. The molecule has 1 heterocycles. The lowest BCUT2D eigenvalue weighted by atomic mass is 9.92. The zero-order valence-electron chi connectivity index (χ0n) is 11.2. The molecule has 0 spiro atoms. The first-order valence-electron chi connectivity index (χ1n) is 7.10. The number of amides is 1. The lowest BCUT2D eigenvalue weighted by Crippen LogP contribution is -2.32. The Morgan fingerprint density at radius 1 is 1.47 bits per heavy atom. The second-order valence-electron chi connectivity index (χ2n) is 6.19. The summed E-state index contributed by atoms with van der Waals surface area (Å²) in [5, 5.41) is 6.48. The van der Waals surface area contributed by atoms with Crippen LogP contribution in [0.5, 0.6) is 0 Å². The smallest absolute Gasteiger partial charge is 0.220 e. The van der Waals surface area contributed by atoms with Gasteiger partial charge in [-0.3, -0.25) is 4.79 Å². The maximum absolute atomic E-state index is 11.8. The summed E-state index contributed by atoms with van der Waals surface area (Å²) in [5.74, 6) is 1.67. The van der Waals surface area contributed by atoms with Crippen LogP contribution < -0.4 is 10.6 Å². The van der Waals surface area contributed by atoms with E-state index in [0.29, 0.717) is 17.8 Å². The van der Waals surface area contributed by atoms with Crippen LogP contribution in [0, 0.1) is 17.3 Å². The molecule has 17 heavy (non-hydrogen) atoms. The average molecular weight is 238 g/mol. The Labute approximate surface area is 105 Å². The molecule has 98 valence electrons. The molecule has 0 radical (unpaired) electrons. The number of hydrogen-bond donors (Lipinski definition) is 2. The molecule has 0 bridgehead atoms. The molecular formula is C14H26N2O. The molecule has 1 saturated heterocycles. The van der Waals surface area contributed by atoms with Crippen molar-refractivity contribution in [3.63, 3.8) is 0 Å². The van der Waals surface area contributed by atoms with Crippen molar-refractivity contribution in [1.29, 1.82) is 0 Å². The highest BCUT2D eigenvalue weighted by molar-refractivity contribution is 5.75. The van der Waals surface area contributed by atoms with E-state index in [1.54, 1.807) is 0 Å². The highest BCUT2D eigenvalue weighted by Gasteiger charge is 2.45. The fourth-order valence-electron chi connectivity index (χ4n) is 2.78. The number of hydrogen-bond acceptors (Lipinski definition) is 2. The minimum atomic E-state index is 0.254. The highest BCUT2D eigenvalue weighted by atomic mass is 16.1. The lowest BCUT2D eigenvalue weighted by molar-refractivity contribution is -0.121. The minimum absolute atomic E-state index is 0.254. The van der Waals surface area contributed by atoms with Gasteiger partial charge >= 0.3 is 0 Å². The summed E-state index contributed by atoms with van der Waals surface area (Å²) in [6.07, 6.45) is 5.58. The Hall–Kier alpha value is -0.570. The number of nitrogens with one attached hydrogen (secondary N) is 2. The van der Waals surface area contributed by atoms with Crippen molar-refractivity contribution in [1.82, 2.24) is 10.6 Å². The number of carbonyl (C=O) groups excluding carboxylic acids is 1. The van der Waals surface area contributed by atoms with E-state index >= 15 is 0 Å². The van der Waals surface area contributed by atoms with E-state index in [1.165, 1.54) is 19.3 Å². The van der Waals surface area contributed by atoms with Crippen LogP contribution in [-0.4, -0.2) is 25.5 Å². The minimum Gasteiger partial charge on any atom is -0.356 e. The summed E-state index contributed by atoms with van der Waals surface area (Å²) >= 11 is 0. The molecule has 1 aliphatic heterocycles. The topological polar surface area (TPSA) is 41.1 Å². The summed E-state index contributed by atoms with van der Waals surface area (Å²) in [6.45, 7) is 7.66. The Bertz CT molecular complexity index is 265. The van der Waals surface area contributed by atoms with E-state index in [9.17, 15) is 4.79 Å². The van der Waals surface area contributed by atoms with Gasteiger partial charge in [-0.25, -0.2) is 0 Å². The fraction of sp³-hybridized carbons (Fsp3) is 0.929. The standard InChI is InChI=1S/C14H26N2O/c1-11(2)14(6-7-14)10-16-13(17)4-3-12-5-8-15-9-12/h11-12,15H,3-10H2,1-2H3,(H,16,17). The molecule has 2 N–H and O–H groups in total. The van der Waals surface area contributed by atoms with Gasteiger partial charge in [0.2, 0.25) is 5.91 Å². The molecule has 1 atom stereocenters. The summed E-state index contributed by atoms with van der Waals surface area (Å²) < 4.78 is 0. The largest absolute Gasteiger partial charge is 0.356 e. The number of rotatable bonds is 6. The van der Waals surface area contributed by atoms with Crippen LogP contribution in [-0.2, 0) is 4.79 Å². The SMILES string of the molecule is CC(C)C1(CNC(=O)CCC2CCNC2)CC1. The molecule has 0 aromatic heterocycles. The Balaban J connectivity index is 1.61. The van der Waals surface area contributed by atoms with Gasteiger partial charge in [0.25, 0.3) is 0 Å². The van der Waals surface area contributed by atoms with Crippen LogP contribution >= 0.6 is 0 Å². The summed E-state index contributed by atoms with van der Waals surface area (Å²) in [6, 6.07) is 0. The van der Waals surface area contributed by atoms with Gasteiger partial charge < -0.3 is 10.6 Å². The van der Waals surface area contributed by atoms with Gasteiger partial charge in [0.15, 0.2) is 0 Å². The zero-order chi connectivity index (χ0) is 12.3. The molecule has 0 aromatic rings. The molecule has 3 heteroatoms. The second-order valence-corrected chi connectivity index (χ2v) is 6.19. The molecule has 1 unspecified atom stereocenters. The lowest BCUT2D eigenvalue weighted by Gasteiger charge is -2.20. The molecule has 1 aliphatic carbocycles. The van der Waals surface area contributed by atoms with Gasteiger partial charge in [-0.1, -0.05) is 13.8 Å². The van der Waals surface area contributed by atoms with Crippen LogP contribution in [0.1, 0.15) is 46.0 Å². The van der Waals surface area contributed by atoms with Crippen LogP contribution in [0.3, 0.4) is 0 Å². The van der Waals surface area contributed by atoms with Crippen molar-refractivity contribution in [3.8, 4) is 0 Å². The van der Waals surface area contributed by atoms with Crippen molar-refractivity contribution < 1.29 is 4.79 Å².